The van der Waals surface area contributed by atoms with Crippen molar-refractivity contribution in [2.45, 2.75) is 26.3 Å². The molecule has 0 atom stereocenters. The molecule has 1 rings (SSSR count). The molecule has 1 aromatic heterocycles. The van der Waals surface area contributed by atoms with Crippen molar-refractivity contribution in [2.24, 2.45) is 0 Å². The minimum Gasteiger partial charge on any atom is -0.461 e. The molecule has 1 aromatic rings. The smallest absolute Gasteiger partial charge is 0.361 e. The van der Waals surface area contributed by atoms with Crippen LogP contribution >= 0.6 is 0 Å². The Labute approximate surface area is 114 Å². The molecule has 0 N–H and O–H groups in total. The summed E-state index contributed by atoms with van der Waals surface area (Å²) in [6, 6.07) is 0. The molecule has 7 nitrogen and oxygen atoms in total. The number of ether oxygens (including phenoxy) is 1. The van der Waals surface area contributed by atoms with Gasteiger partial charge in [-0.15, -0.1) is 5.10 Å². The second-order valence-corrected chi connectivity index (χ2v) is 6.31. The summed E-state index contributed by atoms with van der Waals surface area (Å²) in [5, 5.41) is 6.83. The molecule has 0 saturated heterocycles. The van der Waals surface area contributed by atoms with Gasteiger partial charge in [0.25, 0.3) is 6.43 Å². The number of aromatic nitrogens is 3. The summed E-state index contributed by atoms with van der Waals surface area (Å²) in [6.07, 6.45) is -1.81. The van der Waals surface area contributed by atoms with E-state index in [-0.39, 0.29) is 25.3 Å². The number of sulfone groups is 1. The maximum absolute atomic E-state index is 13.0. The second-order valence-electron chi connectivity index (χ2n) is 4.05. The lowest BCUT2D eigenvalue weighted by Crippen LogP contribution is -2.13. The first-order valence-electron chi connectivity index (χ1n) is 5.82. The number of esters is 1. The first kappa shape index (κ1) is 16.5. The van der Waals surface area contributed by atoms with Crippen molar-refractivity contribution >= 4 is 15.8 Å². The van der Waals surface area contributed by atoms with Crippen molar-refractivity contribution in [2.75, 3.05) is 18.6 Å². The van der Waals surface area contributed by atoms with Crippen molar-refractivity contribution in [1.29, 1.82) is 0 Å². The van der Waals surface area contributed by atoms with Crippen molar-refractivity contribution in [3.63, 3.8) is 0 Å². The van der Waals surface area contributed by atoms with E-state index in [1.807, 2.05) is 0 Å². The largest absolute Gasteiger partial charge is 0.461 e. The topological polar surface area (TPSA) is 91.2 Å². The van der Waals surface area contributed by atoms with Crippen molar-refractivity contribution in [1.82, 2.24) is 15.0 Å². The van der Waals surface area contributed by atoms with Gasteiger partial charge in [-0.1, -0.05) is 5.21 Å². The Morgan fingerprint density at radius 2 is 2.10 bits per heavy atom. The molecule has 0 unspecified atom stereocenters. The van der Waals surface area contributed by atoms with E-state index in [4.69, 9.17) is 0 Å². The molecule has 0 amide bonds. The zero-order chi connectivity index (χ0) is 15.3. The minimum absolute atomic E-state index is 0.0302. The minimum atomic E-state index is -3.19. The molecular weight excluding hydrogens is 296 g/mol. The number of nitrogens with zero attached hydrogens (tertiary/aromatic N) is 3. The number of hydrogen-bond acceptors (Lipinski definition) is 6. The Balaban J connectivity index is 2.89. The first-order chi connectivity index (χ1) is 9.26. The van der Waals surface area contributed by atoms with E-state index >= 15 is 0 Å². The van der Waals surface area contributed by atoms with Gasteiger partial charge < -0.3 is 4.74 Å². The van der Waals surface area contributed by atoms with Crippen molar-refractivity contribution < 1.29 is 26.7 Å². The van der Waals surface area contributed by atoms with E-state index in [0.29, 0.717) is 0 Å². The van der Waals surface area contributed by atoms with Gasteiger partial charge in [0.2, 0.25) is 0 Å². The monoisotopic (exact) mass is 311 g/mol. The lowest BCUT2D eigenvalue weighted by atomic mass is 10.3. The molecule has 114 valence electrons. The zero-order valence-corrected chi connectivity index (χ0v) is 11.9. The van der Waals surface area contributed by atoms with E-state index in [0.717, 1.165) is 10.9 Å². The lowest BCUT2D eigenvalue weighted by Gasteiger charge is -2.06. The Hall–Kier alpha value is -1.58. The molecule has 0 radical (unpaired) electrons. The molecule has 0 saturated carbocycles. The summed E-state index contributed by atoms with van der Waals surface area (Å²) >= 11 is 0. The number of carbonyl (C=O) groups excluding carboxylic acids is 1. The van der Waals surface area contributed by atoms with Crippen LogP contribution in [-0.4, -0.2) is 48.0 Å². The highest BCUT2D eigenvalue weighted by atomic mass is 32.2. The standard InChI is InChI=1S/C10H15F2N3O4S/c1-3-19-10(16)7-8(9(11)12)15(14-13-7)5-4-6-20(2,17)18/h9H,3-6H2,1-2H3. The van der Waals surface area contributed by atoms with Crippen LogP contribution in [-0.2, 0) is 21.1 Å². The van der Waals surface area contributed by atoms with Gasteiger partial charge in [0.15, 0.2) is 5.69 Å². The third-order valence-corrected chi connectivity index (χ3v) is 3.36. The molecule has 0 aliphatic rings. The molecule has 0 spiro atoms. The van der Waals surface area contributed by atoms with E-state index in [2.05, 4.69) is 15.0 Å². The number of halogens is 2. The van der Waals surface area contributed by atoms with E-state index in [1.54, 1.807) is 0 Å². The fourth-order valence-electron chi connectivity index (χ4n) is 1.52. The molecule has 20 heavy (non-hydrogen) atoms. The Morgan fingerprint density at radius 3 is 2.60 bits per heavy atom. The Kier molecular flexibility index (Phi) is 5.54. The highest BCUT2D eigenvalue weighted by Crippen LogP contribution is 2.22. The van der Waals surface area contributed by atoms with Crippen LogP contribution in [0.2, 0.25) is 0 Å². The molecule has 0 aliphatic carbocycles. The quantitative estimate of drug-likeness (QED) is 0.693. The van der Waals surface area contributed by atoms with Crippen molar-refractivity contribution in [3.8, 4) is 0 Å². The van der Waals surface area contributed by atoms with Crippen LogP contribution in [0.4, 0.5) is 8.78 Å². The predicted octanol–water partition coefficient (Wildman–Crippen LogP) is 0.827. The fraction of sp³-hybridized carbons (Fsp3) is 0.700. The van der Waals surface area contributed by atoms with Crippen LogP contribution in [0.5, 0.6) is 0 Å². The SMILES string of the molecule is CCOC(=O)c1nnn(CCCS(C)(=O)=O)c1C(F)F. The first-order valence-corrected chi connectivity index (χ1v) is 7.88. The summed E-state index contributed by atoms with van der Waals surface area (Å²) in [4.78, 5) is 11.4. The highest BCUT2D eigenvalue weighted by molar-refractivity contribution is 7.90. The summed E-state index contributed by atoms with van der Waals surface area (Å²) in [6.45, 7) is 1.50. The summed E-state index contributed by atoms with van der Waals surface area (Å²) in [5.74, 6) is -1.14. The van der Waals surface area contributed by atoms with Crippen LogP contribution in [0.25, 0.3) is 0 Å². The van der Waals surface area contributed by atoms with Gasteiger partial charge in [0, 0.05) is 12.8 Å². The zero-order valence-electron chi connectivity index (χ0n) is 11.0. The molecule has 0 aliphatic heterocycles. The van der Waals surface area contributed by atoms with Crippen LogP contribution in [0.15, 0.2) is 0 Å². The number of carbonyl (C=O) groups is 1. The van der Waals surface area contributed by atoms with Gasteiger partial charge >= 0.3 is 5.97 Å². The van der Waals surface area contributed by atoms with Crippen LogP contribution in [0.3, 0.4) is 0 Å². The van der Waals surface area contributed by atoms with Gasteiger partial charge in [-0.2, -0.15) is 0 Å². The Morgan fingerprint density at radius 1 is 1.45 bits per heavy atom. The molecule has 0 fully saturated rings. The molecule has 10 heteroatoms. The van der Waals surface area contributed by atoms with E-state index in [1.165, 1.54) is 6.92 Å². The summed E-state index contributed by atoms with van der Waals surface area (Å²) in [5.41, 5.74) is -1.20. The predicted molar refractivity (Wildman–Crippen MR) is 65.3 cm³/mol. The molecular formula is C10H15F2N3O4S. The fourth-order valence-corrected chi connectivity index (χ4v) is 2.18. The molecule has 0 aromatic carbocycles. The van der Waals surface area contributed by atoms with Gasteiger partial charge in [-0.3, -0.25) is 0 Å². The lowest BCUT2D eigenvalue weighted by molar-refractivity contribution is 0.0506. The van der Waals surface area contributed by atoms with Crippen LogP contribution in [0, 0.1) is 0 Å². The Bertz CT molecular complexity index is 571. The maximum Gasteiger partial charge on any atom is 0.361 e. The van der Waals surface area contributed by atoms with Gasteiger partial charge in [-0.05, 0) is 13.3 Å². The third-order valence-electron chi connectivity index (χ3n) is 2.33. The number of alkyl halides is 2. The van der Waals surface area contributed by atoms with Crippen LogP contribution in [0.1, 0.15) is 36.0 Å². The third kappa shape index (κ3) is 4.51. The molecule has 1 heterocycles. The number of rotatable bonds is 7. The average molecular weight is 311 g/mol. The van der Waals surface area contributed by atoms with E-state index < -0.39 is 33.6 Å². The summed E-state index contributed by atoms with van der Waals surface area (Å²) < 4.78 is 53.3. The summed E-state index contributed by atoms with van der Waals surface area (Å²) in [7, 11) is -3.19. The molecule has 0 bridgehead atoms. The number of hydrogen-bond donors (Lipinski definition) is 0. The van der Waals surface area contributed by atoms with Gasteiger partial charge in [0.1, 0.15) is 15.5 Å². The van der Waals surface area contributed by atoms with Gasteiger partial charge in [0.05, 0.1) is 12.4 Å². The maximum atomic E-state index is 13.0. The van der Waals surface area contributed by atoms with Crippen molar-refractivity contribution in [3.05, 3.63) is 11.4 Å². The van der Waals surface area contributed by atoms with E-state index in [9.17, 15) is 22.0 Å². The average Bonchev–Trinajstić information content (AvgIpc) is 2.71. The van der Waals surface area contributed by atoms with Gasteiger partial charge in [-0.25, -0.2) is 26.7 Å². The second kappa shape index (κ2) is 6.73. The van der Waals surface area contributed by atoms with Crippen LogP contribution < -0.4 is 0 Å². The normalized spacial score (nSPS) is 11.8. The number of aryl methyl sites for hydroxylation is 1. The highest BCUT2D eigenvalue weighted by Gasteiger charge is 2.27.